The first-order valence-electron chi connectivity index (χ1n) is 10.6. The predicted octanol–water partition coefficient (Wildman–Crippen LogP) is 3.33. The number of nitrogen functional groups attached to an aromatic ring is 1. The van der Waals surface area contributed by atoms with Gasteiger partial charge in [0.15, 0.2) is 11.5 Å². The first-order chi connectivity index (χ1) is 15.6. The highest BCUT2D eigenvalue weighted by molar-refractivity contribution is 5.80. The highest BCUT2D eigenvalue weighted by atomic mass is 16.6. The first kappa shape index (κ1) is 19.9. The Hall–Kier alpha value is -4.02. The molecule has 1 aliphatic carbocycles. The summed E-state index contributed by atoms with van der Waals surface area (Å²) in [5, 5.41) is 11.7. The smallest absolute Gasteiger partial charge is 0.436 e. The molecule has 0 aliphatic heterocycles. The van der Waals surface area contributed by atoms with Crippen LogP contribution >= 0.6 is 0 Å². The Morgan fingerprint density at radius 3 is 2.78 bits per heavy atom. The number of hydrogen-bond donors (Lipinski definition) is 2. The first-order valence-corrected chi connectivity index (χ1v) is 10.6. The monoisotopic (exact) mass is 433 g/mol. The minimum Gasteiger partial charge on any atom is -0.445 e. The van der Waals surface area contributed by atoms with Crippen LogP contribution in [0.25, 0.3) is 17.0 Å². The van der Waals surface area contributed by atoms with Crippen molar-refractivity contribution >= 4 is 29.2 Å². The number of rotatable bonds is 4. The summed E-state index contributed by atoms with van der Waals surface area (Å²) >= 11 is 0. The average molecular weight is 433 g/mol. The Morgan fingerprint density at radius 1 is 1.12 bits per heavy atom. The summed E-state index contributed by atoms with van der Waals surface area (Å²) in [4.78, 5) is 26.0. The molecule has 0 unspecified atom stereocenters. The van der Waals surface area contributed by atoms with Gasteiger partial charge in [-0.1, -0.05) is 6.42 Å². The lowest BCUT2D eigenvalue weighted by Gasteiger charge is -2.21. The predicted molar refractivity (Wildman–Crippen MR) is 117 cm³/mol. The summed E-state index contributed by atoms with van der Waals surface area (Å²) in [7, 11) is 0. The van der Waals surface area contributed by atoms with Gasteiger partial charge in [-0.25, -0.2) is 24.3 Å². The molecule has 0 atom stereocenters. The zero-order valence-electron chi connectivity index (χ0n) is 17.6. The van der Waals surface area contributed by atoms with Crippen LogP contribution in [0.5, 0.6) is 0 Å². The van der Waals surface area contributed by atoms with Crippen molar-refractivity contribution in [3.05, 3.63) is 42.5 Å². The van der Waals surface area contributed by atoms with Crippen LogP contribution in [0, 0.1) is 6.92 Å². The van der Waals surface area contributed by atoms with Crippen molar-refractivity contribution in [2.45, 2.75) is 45.1 Å². The van der Waals surface area contributed by atoms with E-state index in [1.165, 1.54) is 17.3 Å². The molecule has 4 aromatic rings. The number of nitrogens with one attached hydrogen (secondary N) is 1. The third kappa shape index (κ3) is 3.84. The van der Waals surface area contributed by atoms with E-state index in [1.807, 2.05) is 6.07 Å². The quantitative estimate of drug-likeness (QED) is 0.496. The van der Waals surface area contributed by atoms with E-state index in [2.05, 4.69) is 30.5 Å². The summed E-state index contributed by atoms with van der Waals surface area (Å²) in [6.07, 6.45) is 7.68. The summed E-state index contributed by atoms with van der Waals surface area (Å²) in [6.45, 7) is 1.76. The molecular weight excluding hydrogens is 410 g/mol. The van der Waals surface area contributed by atoms with Gasteiger partial charge in [0.1, 0.15) is 29.3 Å². The molecule has 0 bridgehead atoms. The summed E-state index contributed by atoms with van der Waals surface area (Å²) in [5.74, 6) is 1.74. The minimum absolute atomic E-state index is 0.0739. The van der Waals surface area contributed by atoms with E-state index >= 15 is 0 Å². The topological polar surface area (TPSA) is 138 Å². The summed E-state index contributed by atoms with van der Waals surface area (Å²) in [6, 6.07) is 6.96. The van der Waals surface area contributed by atoms with Gasteiger partial charge in [-0.2, -0.15) is 10.2 Å². The minimum atomic E-state index is -0.519. The van der Waals surface area contributed by atoms with Crippen LogP contribution in [-0.4, -0.2) is 46.5 Å². The van der Waals surface area contributed by atoms with Gasteiger partial charge in [0.05, 0.1) is 11.9 Å². The van der Waals surface area contributed by atoms with E-state index in [0.29, 0.717) is 40.3 Å². The van der Waals surface area contributed by atoms with Crippen molar-refractivity contribution in [1.29, 1.82) is 0 Å². The summed E-state index contributed by atoms with van der Waals surface area (Å²) in [5.41, 5.74) is 7.70. The Bertz CT molecular complexity index is 1250. The zero-order valence-corrected chi connectivity index (χ0v) is 17.6. The highest BCUT2D eigenvalue weighted by Gasteiger charge is 2.23. The van der Waals surface area contributed by atoms with Gasteiger partial charge in [0, 0.05) is 18.3 Å². The third-order valence-corrected chi connectivity index (χ3v) is 5.38. The maximum atomic E-state index is 12.8. The van der Waals surface area contributed by atoms with Crippen LogP contribution in [0.3, 0.4) is 0 Å². The molecule has 0 aromatic carbocycles. The van der Waals surface area contributed by atoms with E-state index in [9.17, 15) is 4.79 Å². The number of carbonyl (C=O) groups excluding carboxylic acids is 1. The van der Waals surface area contributed by atoms with Gasteiger partial charge in [-0.05, 0) is 44.7 Å². The van der Waals surface area contributed by atoms with Gasteiger partial charge >= 0.3 is 6.09 Å². The van der Waals surface area contributed by atoms with Gasteiger partial charge in [-0.3, -0.25) is 0 Å². The normalized spacial score (nSPS) is 14.5. The summed E-state index contributed by atoms with van der Waals surface area (Å²) < 4.78 is 8.53. The van der Waals surface area contributed by atoms with Crippen molar-refractivity contribution in [3.63, 3.8) is 0 Å². The SMILES string of the molecule is Cc1nc(N)cc(-c2c(Nc3ccnn3C(=O)OC3CCCCC3)nc3cccnn23)n1. The van der Waals surface area contributed by atoms with Gasteiger partial charge in [-0.15, -0.1) is 4.68 Å². The van der Waals surface area contributed by atoms with E-state index in [-0.39, 0.29) is 6.10 Å². The molecule has 0 radical (unpaired) electrons. The van der Waals surface area contributed by atoms with Crippen LogP contribution in [0.15, 0.2) is 36.7 Å². The fourth-order valence-electron chi connectivity index (χ4n) is 3.96. The van der Waals surface area contributed by atoms with E-state index < -0.39 is 6.09 Å². The maximum Gasteiger partial charge on any atom is 0.436 e. The Kier molecular flexibility index (Phi) is 5.13. The molecule has 3 N–H and O–H groups in total. The molecule has 4 heterocycles. The number of nitrogens with two attached hydrogens (primary N) is 1. The van der Waals surface area contributed by atoms with Crippen molar-refractivity contribution in [3.8, 4) is 11.4 Å². The van der Waals surface area contributed by atoms with Crippen molar-refractivity contribution in [2.24, 2.45) is 0 Å². The molecule has 4 aromatic heterocycles. The van der Waals surface area contributed by atoms with E-state index in [0.717, 1.165) is 25.7 Å². The molecule has 164 valence electrons. The van der Waals surface area contributed by atoms with Crippen molar-refractivity contribution < 1.29 is 9.53 Å². The number of nitrogens with zero attached hydrogens (tertiary/aromatic N) is 7. The third-order valence-electron chi connectivity index (χ3n) is 5.38. The fraction of sp³-hybridized carbons (Fsp3) is 0.333. The molecule has 0 saturated heterocycles. The van der Waals surface area contributed by atoms with Crippen LogP contribution in [-0.2, 0) is 4.74 Å². The van der Waals surface area contributed by atoms with Crippen molar-refractivity contribution in [2.75, 3.05) is 11.1 Å². The Balaban J connectivity index is 1.50. The molecule has 1 saturated carbocycles. The number of ether oxygens (including phenoxy) is 1. The van der Waals surface area contributed by atoms with E-state index in [4.69, 9.17) is 10.5 Å². The number of fused-ring (bicyclic) bond motifs is 1. The maximum absolute atomic E-state index is 12.8. The molecule has 1 aliphatic rings. The molecule has 0 spiro atoms. The molecule has 1 fully saturated rings. The van der Waals surface area contributed by atoms with Crippen LogP contribution in [0.1, 0.15) is 37.9 Å². The van der Waals surface area contributed by atoms with Gasteiger partial charge in [0.25, 0.3) is 0 Å². The van der Waals surface area contributed by atoms with Crippen LogP contribution in [0.2, 0.25) is 0 Å². The Labute approximate surface area is 183 Å². The number of hydrogen-bond acceptors (Lipinski definition) is 9. The lowest BCUT2D eigenvalue weighted by atomic mass is 9.98. The molecule has 0 amide bonds. The standard InChI is InChI=1S/C21H23N9O2/c1-13-25-15(12-16(22)26-13)19-20(27-17-8-5-10-23-29(17)19)28-18-9-11-24-30(18)21(31)32-14-6-3-2-4-7-14/h5,8-12,14,28H,2-4,6-7H2,1H3,(H2,22,25,26). The van der Waals surface area contributed by atoms with E-state index in [1.54, 1.807) is 35.8 Å². The molecule has 11 heteroatoms. The zero-order chi connectivity index (χ0) is 22.1. The highest BCUT2D eigenvalue weighted by Crippen LogP contribution is 2.30. The lowest BCUT2D eigenvalue weighted by molar-refractivity contribution is 0.0745. The second-order valence-electron chi connectivity index (χ2n) is 7.72. The van der Waals surface area contributed by atoms with Gasteiger partial charge < -0.3 is 15.8 Å². The number of aryl methyl sites for hydroxylation is 1. The number of imidazole rings is 1. The molecule has 32 heavy (non-hydrogen) atoms. The number of aromatic nitrogens is 7. The lowest BCUT2D eigenvalue weighted by Crippen LogP contribution is -2.25. The van der Waals surface area contributed by atoms with Crippen LogP contribution < -0.4 is 11.1 Å². The number of anilines is 3. The molecule has 5 rings (SSSR count). The average Bonchev–Trinajstić information content (AvgIpc) is 3.38. The molecule has 11 nitrogen and oxygen atoms in total. The van der Waals surface area contributed by atoms with Crippen LogP contribution in [0.4, 0.5) is 22.2 Å². The Morgan fingerprint density at radius 2 is 1.97 bits per heavy atom. The van der Waals surface area contributed by atoms with Crippen molar-refractivity contribution in [1.82, 2.24) is 34.3 Å². The van der Waals surface area contributed by atoms with Gasteiger partial charge in [0.2, 0.25) is 0 Å². The second-order valence-corrected chi connectivity index (χ2v) is 7.72. The second kappa shape index (κ2) is 8.25. The largest absolute Gasteiger partial charge is 0.445 e. The molecular formula is C21H23N9O2. The number of carbonyl (C=O) groups is 1. The fourth-order valence-corrected chi connectivity index (χ4v) is 3.96.